The van der Waals surface area contributed by atoms with Crippen LogP contribution in [0.5, 0.6) is 0 Å². The van der Waals surface area contributed by atoms with Gasteiger partial charge < -0.3 is 31.9 Å². The van der Waals surface area contributed by atoms with E-state index < -0.39 is 0 Å². The highest BCUT2D eigenvalue weighted by Gasteiger charge is 1.97. The summed E-state index contributed by atoms with van der Waals surface area (Å²) >= 11 is 15.5. The smallest absolute Gasteiger partial charge is 0.166 e. The van der Waals surface area contributed by atoms with Gasteiger partial charge >= 0.3 is 0 Å². The topological polar surface area (TPSA) is 72.2 Å². The van der Waals surface area contributed by atoms with Gasteiger partial charge in [0.2, 0.25) is 0 Å². The molecule has 0 radical (unpaired) electrons. The molecule has 6 nitrogen and oxygen atoms in total. The summed E-state index contributed by atoms with van der Waals surface area (Å²) in [5.41, 5.74) is 0. The van der Waals surface area contributed by atoms with Crippen molar-refractivity contribution in [2.45, 2.75) is 39.5 Å². The highest BCUT2D eigenvalue weighted by Crippen LogP contribution is 1.79. The van der Waals surface area contributed by atoms with Gasteiger partial charge in [0, 0.05) is 39.3 Å². The minimum Gasteiger partial charge on any atom is -0.363 e. The van der Waals surface area contributed by atoms with Crippen molar-refractivity contribution < 1.29 is 0 Å². The van der Waals surface area contributed by atoms with Gasteiger partial charge in [-0.15, -0.1) is 0 Å². The highest BCUT2D eigenvalue weighted by molar-refractivity contribution is 7.80. The second kappa shape index (κ2) is 16.9. The third-order valence-electron chi connectivity index (χ3n) is 2.92. The lowest BCUT2D eigenvalue weighted by molar-refractivity contribution is 0.698. The van der Waals surface area contributed by atoms with E-state index in [9.17, 15) is 0 Å². The average molecular weight is 393 g/mol. The van der Waals surface area contributed by atoms with Gasteiger partial charge in [-0.2, -0.15) is 0 Å². The lowest BCUT2D eigenvalue weighted by Gasteiger charge is -2.13. The van der Waals surface area contributed by atoms with E-state index in [0.717, 1.165) is 75.2 Å². The monoisotopic (exact) mass is 392 g/mol. The van der Waals surface area contributed by atoms with Crippen LogP contribution in [0.15, 0.2) is 0 Å². The molecule has 0 aromatic rings. The second-order valence-corrected chi connectivity index (χ2v) is 6.48. The van der Waals surface area contributed by atoms with Crippen LogP contribution in [0.4, 0.5) is 0 Å². The molecule has 6 N–H and O–H groups in total. The highest BCUT2D eigenvalue weighted by atomic mass is 32.1. The van der Waals surface area contributed by atoms with Crippen molar-refractivity contribution >= 4 is 52.0 Å². The van der Waals surface area contributed by atoms with Crippen LogP contribution in [0.25, 0.3) is 0 Å². The molecule has 9 heteroatoms. The Morgan fingerprint density at radius 3 is 1.00 bits per heavy atom. The molecule has 24 heavy (non-hydrogen) atoms. The van der Waals surface area contributed by atoms with E-state index in [1.807, 2.05) is 0 Å². The molecule has 0 fully saturated rings. The van der Waals surface area contributed by atoms with Crippen LogP contribution >= 0.6 is 36.7 Å². The SMILES string of the molecule is CCCNC(=S)NCCCNC(=S)NCCCNC(=S)NCCC. The van der Waals surface area contributed by atoms with Gasteiger partial charge in [-0.3, -0.25) is 0 Å². The molecule has 0 atom stereocenters. The van der Waals surface area contributed by atoms with E-state index in [1.165, 1.54) is 0 Å². The summed E-state index contributed by atoms with van der Waals surface area (Å²) in [4.78, 5) is 0. The summed E-state index contributed by atoms with van der Waals surface area (Å²) in [5, 5.41) is 21.1. The largest absolute Gasteiger partial charge is 0.363 e. The number of thiocarbonyl (C=S) groups is 3. The molecule has 0 bridgehead atoms. The fourth-order valence-corrected chi connectivity index (χ4v) is 2.26. The Labute approximate surface area is 162 Å². The molecule has 0 saturated carbocycles. The van der Waals surface area contributed by atoms with E-state index in [0.29, 0.717) is 5.11 Å². The molecule has 0 unspecified atom stereocenters. The van der Waals surface area contributed by atoms with E-state index >= 15 is 0 Å². The first-order chi connectivity index (χ1) is 11.6. The van der Waals surface area contributed by atoms with Gasteiger partial charge in [-0.05, 0) is 62.3 Å². The maximum absolute atomic E-state index is 5.23. The quantitative estimate of drug-likeness (QED) is 0.215. The van der Waals surface area contributed by atoms with Crippen molar-refractivity contribution in [2.75, 3.05) is 39.3 Å². The van der Waals surface area contributed by atoms with Gasteiger partial charge in [0.25, 0.3) is 0 Å². The van der Waals surface area contributed by atoms with Gasteiger partial charge in [0.1, 0.15) is 0 Å². The summed E-state index contributed by atoms with van der Waals surface area (Å²) < 4.78 is 0. The third-order valence-corrected chi connectivity index (χ3v) is 3.79. The van der Waals surface area contributed by atoms with Gasteiger partial charge in [-0.1, -0.05) is 13.8 Å². The first kappa shape index (κ1) is 23.1. The number of nitrogens with one attached hydrogen (secondary N) is 6. The molecule has 140 valence electrons. The summed E-state index contributed by atoms with van der Waals surface area (Å²) in [6.45, 7) is 9.34. The van der Waals surface area contributed by atoms with Crippen molar-refractivity contribution in [3.05, 3.63) is 0 Å². The van der Waals surface area contributed by atoms with Crippen molar-refractivity contribution in [2.24, 2.45) is 0 Å². The number of hydrogen-bond acceptors (Lipinski definition) is 3. The van der Waals surface area contributed by atoms with E-state index in [-0.39, 0.29) is 0 Å². The molecule has 0 aliphatic heterocycles. The van der Waals surface area contributed by atoms with E-state index in [2.05, 4.69) is 45.7 Å². The predicted octanol–water partition coefficient (Wildman–Crippen LogP) is 0.979. The van der Waals surface area contributed by atoms with E-state index in [1.54, 1.807) is 0 Å². The van der Waals surface area contributed by atoms with Crippen molar-refractivity contribution in [1.29, 1.82) is 0 Å². The molecular weight excluding hydrogens is 360 g/mol. The standard InChI is InChI=1S/C15H32N6S3/c1-3-7-16-13(22)18-9-5-11-20-15(24)21-12-6-10-19-14(23)17-8-4-2/h3-12H2,1-2H3,(H2,16,18,22)(H2,17,19,23)(H2,20,21,24). The molecule has 0 aromatic heterocycles. The van der Waals surface area contributed by atoms with Crippen LogP contribution in [0.2, 0.25) is 0 Å². The normalized spacial score (nSPS) is 9.75. The first-order valence-corrected chi connectivity index (χ1v) is 9.87. The van der Waals surface area contributed by atoms with Crippen LogP contribution in [-0.4, -0.2) is 54.6 Å². The third kappa shape index (κ3) is 15.9. The van der Waals surface area contributed by atoms with Crippen LogP contribution in [-0.2, 0) is 0 Å². The fraction of sp³-hybridized carbons (Fsp3) is 0.800. The van der Waals surface area contributed by atoms with Crippen molar-refractivity contribution in [3.63, 3.8) is 0 Å². The first-order valence-electron chi connectivity index (χ1n) is 8.65. The average Bonchev–Trinajstić information content (AvgIpc) is 2.57. The van der Waals surface area contributed by atoms with Gasteiger partial charge in [0.15, 0.2) is 15.3 Å². The van der Waals surface area contributed by atoms with Crippen molar-refractivity contribution in [3.8, 4) is 0 Å². The Kier molecular flexibility index (Phi) is 16.3. The lowest BCUT2D eigenvalue weighted by atomic mass is 10.4. The van der Waals surface area contributed by atoms with Gasteiger partial charge in [0.05, 0.1) is 0 Å². The Bertz CT molecular complexity index is 333. The van der Waals surface area contributed by atoms with Crippen molar-refractivity contribution in [1.82, 2.24) is 31.9 Å². The van der Waals surface area contributed by atoms with Crippen LogP contribution in [0.1, 0.15) is 39.5 Å². The Morgan fingerprint density at radius 2 is 0.750 bits per heavy atom. The second-order valence-electron chi connectivity index (χ2n) is 5.26. The minimum absolute atomic E-state index is 0.688. The summed E-state index contributed by atoms with van der Waals surface area (Å²) in [5.74, 6) is 0. The van der Waals surface area contributed by atoms with Crippen LogP contribution in [0.3, 0.4) is 0 Å². The molecule has 0 rings (SSSR count). The fourth-order valence-electron chi connectivity index (χ4n) is 1.65. The summed E-state index contributed by atoms with van der Waals surface area (Å²) in [6.07, 6.45) is 4.04. The summed E-state index contributed by atoms with van der Waals surface area (Å²) in [7, 11) is 0. The van der Waals surface area contributed by atoms with E-state index in [4.69, 9.17) is 36.7 Å². The Morgan fingerprint density at radius 1 is 0.500 bits per heavy atom. The molecule has 0 saturated heterocycles. The zero-order chi connectivity index (χ0) is 18.0. The molecule has 0 amide bonds. The number of hydrogen-bond donors (Lipinski definition) is 6. The Balaban J connectivity index is 3.38. The molecule has 0 spiro atoms. The Hall–Kier alpha value is -0.930. The predicted molar refractivity (Wildman–Crippen MR) is 116 cm³/mol. The molecule has 0 aliphatic carbocycles. The maximum atomic E-state index is 5.23. The maximum Gasteiger partial charge on any atom is 0.166 e. The van der Waals surface area contributed by atoms with Gasteiger partial charge in [-0.25, -0.2) is 0 Å². The summed E-state index contributed by atoms with van der Waals surface area (Å²) in [6, 6.07) is 0. The molecular formula is C15H32N6S3. The van der Waals surface area contributed by atoms with Crippen LogP contribution < -0.4 is 31.9 Å². The minimum atomic E-state index is 0.688. The molecule has 0 heterocycles. The molecule has 0 aromatic carbocycles. The lowest BCUT2D eigenvalue weighted by Crippen LogP contribution is -2.40. The zero-order valence-electron chi connectivity index (χ0n) is 14.8. The molecule has 0 aliphatic rings. The zero-order valence-corrected chi connectivity index (χ0v) is 17.2. The van der Waals surface area contributed by atoms with Crippen LogP contribution in [0, 0.1) is 0 Å². The number of rotatable bonds is 12.